The summed E-state index contributed by atoms with van der Waals surface area (Å²) in [6.45, 7) is 0. The Hall–Kier alpha value is -2.33. The lowest BCUT2D eigenvalue weighted by Gasteiger charge is -2.17. The van der Waals surface area contributed by atoms with E-state index in [0.29, 0.717) is 5.56 Å². The first-order valence-corrected chi connectivity index (χ1v) is 5.95. The first-order chi connectivity index (χ1) is 9.22. The first kappa shape index (κ1) is 13.1. The molecule has 2 aromatic rings. The molecule has 0 radical (unpaired) electrons. The summed E-state index contributed by atoms with van der Waals surface area (Å²) in [7, 11) is 3.05. The van der Waals surface area contributed by atoms with Crippen LogP contribution in [0.3, 0.4) is 0 Å². The topological polar surface area (TPSA) is 41.6 Å². The Morgan fingerprint density at radius 1 is 1.05 bits per heavy atom. The normalized spacial score (nSPS) is 10.0. The van der Waals surface area contributed by atoms with E-state index in [1.54, 1.807) is 13.1 Å². The zero-order valence-electron chi connectivity index (χ0n) is 11.0. The Labute approximate surface area is 112 Å². The van der Waals surface area contributed by atoms with E-state index < -0.39 is 0 Å². The molecule has 0 heterocycles. The van der Waals surface area contributed by atoms with Gasteiger partial charge >= 0.3 is 0 Å². The van der Waals surface area contributed by atoms with Crippen LogP contribution in [0.4, 0.5) is 11.4 Å². The third-order valence-corrected chi connectivity index (χ3v) is 2.77. The highest BCUT2D eigenvalue weighted by molar-refractivity contribution is 5.99. The molecule has 0 bridgehead atoms. The summed E-state index contributed by atoms with van der Waals surface area (Å²) in [4.78, 5) is 17.1. The highest BCUT2D eigenvalue weighted by Gasteiger charge is 2.15. The molecule has 1 amide bonds. The number of para-hydroxylation sites is 2. The summed E-state index contributed by atoms with van der Waals surface area (Å²) < 4.78 is 0. The van der Waals surface area contributed by atoms with Gasteiger partial charge in [0.1, 0.15) is 0 Å². The van der Waals surface area contributed by atoms with E-state index in [1.165, 1.54) is 12.2 Å². The van der Waals surface area contributed by atoms with E-state index in [2.05, 4.69) is 5.32 Å². The van der Waals surface area contributed by atoms with Gasteiger partial charge in [-0.25, -0.2) is 5.06 Å². The van der Waals surface area contributed by atoms with Gasteiger partial charge in [-0.1, -0.05) is 30.3 Å². The fraction of sp³-hybridized carbons (Fsp3) is 0.133. The smallest absolute Gasteiger partial charge is 0.279 e. The van der Waals surface area contributed by atoms with Crippen molar-refractivity contribution < 1.29 is 9.63 Å². The molecule has 4 heteroatoms. The molecule has 2 rings (SSSR count). The average molecular weight is 256 g/mol. The molecule has 0 aliphatic rings. The Morgan fingerprint density at radius 2 is 1.68 bits per heavy atom. The maximum atomic E-state index is 12.1. The van der Waals surface area contributed by atoms with Gasteiger partial charge in [0.15, 0.2) is 0 Å². The van der Waals surface area contributed by atoms with Crippen molar-refractivity contribution in [2.75, 3.05) is 19.5 Å². The molecule has 0 spiro atoms. The molecule has 98 valence electrons. The number of carbonyl (C=O) groups excluding carboxylic acids is 1. The van der Waals surface area contributed by atoms with Crippen molar-refractivity contribution in [1.29, 1.82) is 0 Å². The molecule has 0 unspecified atom stereocenters. The number of rotatable bonds is 4. The van der Waals surface area contributed by atoms with Crippen LogP contribution in [0.2, 0.25) is 0 Å². The number of hydrogen-bond donors (Lipinski definition) is 1. The minimum atomic E-state index is -0.193. The lowest BCUT2D eigenvalue weighted by atomic mass is 10.1. The van der Waals surface area contributed by atoms with E-state index >= 15 is 0 Å². The molecule has 1 N–H and O–H groups in total. The summed E-state index contributed by atoms with van der Waals surface area (Å²) in [6.07, 6.45) is 0. The Morgan fingerprint density at radius 3 is 2.37 bits per heavy atom. The Kier molecular flexibility index (Phi) is 4.15. The van der Waals surface area contributed by atoms with Gasteiger partial charge in [-0.3, -0.25) is 9.63 Å². The van der Waals surface area contributed by atoms with Crippen LogP contribution in [0.1, 0.15) is 10.4 Å². The number of hydroxylamine groups is 2. The minimum absolute atomic E-state index is 0.193. The Bertz CT molecular complexity index is 555. The largest absolute Gasteiger partial charge is 0.355 e. The van der Waals surface area contributed by atoms with E-state index in [9.17, 15) is 4.79 Å². The van der Waals surface area contributed by atoms with Crippen molar-refractivity contribution in [3.05, 3.63) is 60.2 Å². The van der Waals surface area contributed by atoms with E-state index in [1.807, 2.05) is 48.5 Å². The molecule has 19 heavy (non-hydrogen) atoms. The summed E-state index contributed by atoms with van der Waals surface area (Å²) in [6, 6.07) is 17.1. The van der Waals surface area contributed by atoms with Crippen molar-refractivity contribution in [2.24, 2.45) is 0 Å². The van der Waals surface area contributed by atoms with Crippen LogP contribution in [0, 0.1) is 0 Å². The number of nitrogens with zero attached hydrogens (tertiary/aromatic N) is 1. The maximum absolute atomic E-state index is 12.1. The monoisotopic (exact) mass is 256 g/mol. The van der Waals surface area contributed by atoms with Gasteiger partial charge in [0, 0.05) is 12.7 Å². The molecular weight excluding hydrogens is 240 g/mol. The standard InChI is InChI=1S/C15H16N2O2/c1-17(19-2)15(18)13-10-6-7-11-14(13)16-12-8-4-3-5-9-12/h3-11,16H,1-2H3. The highest BCUT2D eigenvalue weighted by atomic mass is 16.7. The number of hydrogen-bond acceptors (Lipinski definition) is 3. The molecule has 0 saturated carbocycles. The predicted octanol–water partition coefficient (Wildman–Crippen LogP) is 3.06. The van der Waals surface area contributed by atoms with Crippen LogP contribution in [-0.4, -0.2) is 25.1 Å². The van der Waals surface area contributed by atoms with Gasteiger partial charge in [0.2, 0.25) is 0 Å². The molecule has 0 aromatic heterocycles. The fourth-order valence-corrected chi connectivity index (χ4v) is 1.71. The number of nitrogens with one attached hydrogen (secondary N) is 1. The van der Waals surface area contributed by atoms with Crippen molar-refractivity contribution in [1.82, 2.24) is 5.06 Å². The lowest BCUT2D eigenvalue weighted by molar-refractivity contribution is -0.0756. The SMILES string of the molecule is CON(C)C(=O)c1ccccc1Nc1ccccc1. The number of carbonyl (C=O) groups is 1. The summed E-state index contributed by atoms with van der Waals surface area (Å²) in [5, 5.41) is 4.43. The van der Waals surface area contributed by atoms with Crippen LogP contribution in [0.25, 0.3) is 0 Å². The van der Waals surface area contributed by atoms with E-state index in [4.69, 9.17) is 4.84 Å². The summed E-state index contributed by atoms with van der Waals surface area (Å²) in [5.74, 6) is -0.193. The number of anilines is 2. The van der Waals surface area contributed by atoms with Gasteiger partial charge in [-0.2, -0.15) is 0 Å². The van der Waals surface area contributed by atoms with Gasteiger partial charge < -0.3 is 5.32 Å². The minimum Gasteiger partial charge on any atom is -0.355 e. The van der Waals surface area contributed by atoms with Crippen LogP contribution in [0.5, 0.6) is 0 Å². The van der Waals surface area contributed by atoms with Crippen molar-refractivity contribution in [3.63, 3.8) is 0 Å². The second-order valence-corrected chi connectivity index (χ2v) is 4.02. The van der Waals surface area contributed by atoms with Crippen LogP contribution < -0.4 is 5.32 Å². The number of amides is 1. The van der Waals surface area contributed by atoms with Crippen LogP contribution >= 0.6 is 0 Å². The lowest BCUT2D eigenvalue weighted by Crippen LogP contribution is -2.26. The molecular formula is C15H16N2O2. The quantitative estimate of drug-likeness (QED) is 0.855. The van der Waals surface area contributed by atoms with Crippen LogP contribution in [0.15, 0.2) is 54.6 Å². The molecule has 0 fully saturated rings. The Balaban J connectivity index is 2.29. The second-order valence-electron chi connectivity index (χ2n) is 4.02. The molecule has 2 aromatic carbocycles. The van der Waals surface area contributed by atoms with Crippen LogP contribution in [-0.2, 0) is 4.84 Å². The van der Waals surface area contributed by atoms with E-state index in [-0.39, 0.29) is 5.91 Å². The van der Waals surface area contributed by atoms with Gasteiger partial charge in [-0.05, 0) is 24.3 Å². The van der Waals surface area contributed by atoms with Gasteiger partial charge in [0.25, 0.3) is 5.91 Å². The predicted molar refractivity (Wildman–Crippen MR) is 75.3 cm³/mol. The van der Waals surface area contributed by atoms with Gasteiger partial charge in [-0.15, -0.1) is 0 Å². The third-order valence-electron chi connectivity index (χ3n) is 2.77. The fourth-order valence-electron chi connectivity index (χ4n) is 1.71. The van der Waals surface area contributed by atoms with E-state index in [0.717, 1.165) is 11.4 Å². The molecule has 0 atom stereocenters. The molecule has 0 aliphatic heterocycles. The van der Waals surface area contributed by atoms with Crippen molar-refractivity contribution in [3.8, 4) is 0 Å². The summed E-state index contributed by atoms with van der Waals surface area (Å²) in [5.41, 5.74) is 2.25. The zero-order chi connectivity index (χ0) is 13.7. The third kappa shape index (κ3) is 3.11. The number of benzene rings is 2. The molecule has 0 aliphatic carbocycles. The van der Waals surface area contributed by atoms with Gasteiger partial charge in [0.05, 0.1) is 18.4 Å². The first-order valence-electron chi connectivity index (χ1n) is 5.95. The highest BCUT2D eigenvalue weighted by Crippen LogP contribution is 2.21. The summed E-state index contributed by atoms with van der Waals surface area (Å²) >= 11 is 0. The van der Waals surface area contributed by atoms with Crippen molar-refractivity contribution >= 4 is 17.3 Å². The average Bonchev–Trinajstić information content (AvgIpc) is 2.47. The molecule has 0 saturated heterocycles. The second kappa shape index (κ2) is 6.02. The van der Waals surface area contributed by atoms with Crippen molar-refractivity contribution in [2.45, 2.75) is 0 Å². The zero-order valence-corrected chi connectivity index (χ0v) is 11.0. The maximum Gasteiger partial charge on any atom is 0.279 e. The molecule has 4 nitrogen and oxygen atoms in total.